The number of hydrogen-bond donors (Lipinski definition) is 0. The first-order valence-electron chi connectivity index (χ1n) is 3.29. The number of halogens is 3. The lowest BCUT2D eigenvalue weighted by Crippen LogP contribution is -1.99. The number of benzene rings is 1. The summed E-state index contributed by atoms with van der Waals surface area (Å²) in [6.45, 7) is 0. The maximum Gasteiger partial charge on any atom is 0.257 e. The van der Waals surface area contributed by atoms with Gasteiger partial charge in [-0.25, -0.2) is 0 Å². The highest BCUT2D eigenvalue weighted by Gasteiger charge is 2.16. The van der Waals surface area contributed by atoms with E-state index in [0.29, 0.717) is 19.9 Å². The van der Waals surface area contributed by atoms with Gasteiger partial charge in [-0.3, -0.25) is 4.79 Å². The van der Waals surface area contributed by atoms with Crippen molar-refractivity contribution in [3.63, 3.8) is 0 Å². The normalized spacial score (nSPS) is 9.85. The molecule has 0 bridgehead atoms. The molecule has 0 heterocycles. The van der Waals surface area contributed by atoms with Crippen molar-refractivity contribution >= 4 is 51.0 Å². The molecule has 0 spiro atoms. The van der Waals surface area contributed by atoms with Gasteiger partial charge in [-0.05, 0) is 46.3 Å². The van der Waals surface area contributed by atoms with Gasteiger partial charge in [0.1, 0.15) is 5.75 Å². The Kier molecular flexibility index (Phi) is 3.82. The third kappa shape index (κ3) is 2.27. The summed E-state index contributed by atoms with van der Waals surface area (Å²) in [5.74, 6) is 0.439. The molecule has 2 nitrogen and oxygen atoms in total. The highest BCUT2D eigenvalue weighted by Crippen LogP contribution is 2.30. The van der Waals surface area contributed by atoms with Crippen LogP contribution in [0.5, 0.6) is 5.75 Å². The lowest BCUT2D eigenvalue weighted by atomic mass is 10.2. The molecule has 0 saturated heterocycles. The molecule has 0 unspecified atom stereocenters. The molecule has 0 aromatic heterocycles. The van der Waals surface area contributed by atoms with E-state index in [-0.39, 0.29) is 0 Å². The molecule has 1 aromatic rings. The summed E-state index contributed by atoms with van der Waals surface area (Å²) in [4.78, 5) is 11.0. The zero-order valence-corrected chi connectivity index (χ0v) is 10.3. The molecule has 0 atom stereocenters. The Morgan fingerprint density at radius 3 is 2.62 bits per heavy atom. The molecular formula is C8H5Cl2IO2. The maximum absolute atomic E-state index is 11.0. The first-order chi connectivity index (χ1) is 6.07. The molecule has 0 aliphatic heterocycles. The van der Waals surface area contributed by atoms with E-state index in [1.807, 2.05) is 22.6 Å². The van der Waals surface area contributed by atoms with Crippen molar-refractivity contribution in [3.8, 4) is 5.75 Å². The lowest BCUT2D eigenvalue weighted by Gasteiger charge is -2.07. The number of hydrogen-bond acceptors (Lipinski definition) is 2. The van der Waals surface area contributed by atoms with Crippen LogP contribution in [0.25, 0.3) is 0 Å². The number of rotatable bonds is 2. The van der Waals surface area contributed by atoms with Gasteiger partial charge in [-0.1, -0.05) is 11.6 Å². The van der Waals surface area contributed by atoms with Crippen LogP contribution in [-0.4, -0.2) is 12.4 Å². The summed E-state index contributed by atoms with van der Waals surface area (Å²) in [6.07, 6.45) is 0. The van der Waals surface area contributed by atoms with E-state index >= 15 is 0 Å². The third-order valence-electron chi connectivity index (χ3n) is 1.47. The molecule has 0 aliphatic rings. The van der Waals surface area contributed by atoms with E-state index in [1.165, 1.54) is 7.11 Å². The van der Waals surface area contributed by atoms with Gasteiger partial charge < -0.3 is 4.74 Å². The number of carbonyl (C=O) groups excluding carboxylic acids is 1. The summed E-state index contributed by atoms with van der Waals surface area (Å²) < 4.78 is 5.58. The summed E-state index contributed by atoms with van der Waals surface area (Å²) in [7, 11) is 1.47. The number of carbonyl (C=O) groups is 1. The van der Waals surface area contributed by atoms with Crippen LogP contribution in [0, 0.1) is 3.57 Å². The van der Waals surface area contributed by atoms with Crippen molar-refractivity contribution in [3.05, 3.63) is 26.3 Å². The van der Waals surface area contributed by atoms with Crippen LogP contribution in [0.4, 0.5) is 0 Å². The van der Waals surface area contributed by atoms with Crippen molar-refractivity contribution in [2.75, 3.05) is 7.11 Å². The largest absolute Gasteiger partial charge is 0.496 e. The van der Waals surface area contributed by atoms with E-state index in [4.69, 9.17) is 27.9 Å². The SMILES string of the molecule is COc1ccc(Cl)c(I)c1C(=O)Cl. The number of methoxy groups -OCH3 is 1. The predicted molar refractivity (Wildman–Crippen MR) is 60.9 cm³/mol. The summed E-state index contributed by atoms with van der Waals surface area (Å²) in [5, 5.41) is -0.0749. The number of ether oxygens (including phenoxy) is 1. The van der Waals surface area contributed by atoms with Gasteiger partial charge in [0.2, 0.25) is 0 Å². The van der Waals surface area contributed by atoms with E-state index in [0.717, 1.165) is 0 Å². The maximum atomic E-state index is 11.0. The van der Waals surface area contributed by atoms with Crippen molar-refractivity contribution in [1.82, 2.24) is 0 Å². The van der Waals surface area contributed by atoms with Gasteiger partial charge in [0.25, 0.3) is 5.24 Å². The van der Waals surface area contributed by atoms with Gasteiger partial charge in [0.15, 0.2) is 0 Å². The van der Waals surface area contributed by atoms with E-state index < -0.39 is 5.24 Å². The van der Waals surface area contributed by atoms with Crippen LogP contribution < -0.4 is 4.74 Å². The van der Waals surface area contributed by atoms with E-state index in [2.05, 4.69) is 0 Å². The molecule has 70 valence electrons. The first-order valence-corrected chi connectivity index (χ1v) is 5.13. The second kappa shape index (κ2) is 4.48. The molecule has 1 aromatic carbocycles. The van der Waals surface area contributed by atoms with E-state index in [1.54, 1.807) is 12.1 Å². The average molecular weight is 331 g/mol. The van der Waals surface area contributed by atoms with Gasteiger partial charge in [0, 0.05) is 3.57 Å². The summed E-state index contributed by atoms with van der Waals surface area (Å²) >= 11 is 13.1. The Bertz CT molecular complexity index is 352. The van der Waals surface area contributed by atoms with Crippen LogP contribution in [0.1, 0.15) is 10.4 Å². The second-order valence-corrected chi connectivity index (χ2v) is 4.04. The smallest absolute Gasteiger partial charge is 0.257 e. The van der Waals surface area contributed by atoms with E-state index in [9.17, 15) is 4.79 Å². The molecule has 0 saturated carbocycles. The van der Waals surface area contributed by atoms with Crippen molar-refractivity contribution in [2.45, 2.75) is 0 Å². The average Bonchev–Trinajstić information content (AvgIpc) is 2.08. The van der Waals surface area contributed by atoms with Crippen LogP contribution >= 0.6 is 45.8 Å². The van der Waals surface area contributed by atoms with Crippen LogP contribution in [-0.2, 0) is 0 Å². The minimum Gasteiger partial charge on any atom is -0.496 e. The predicted octanol–water partition coefficient (Wildman–Crippen LogP) is 3.33. The van der Waals surface area contributed by atoms with Gasteiger partial charge >= 0.3 is 0 Å². The summed E-state index contributed by atoms with van der Waals surface area (Å²) in [5.41, 5.74) is 0.317. The third-order valence-corrected chi connectivity index (χ3v) is 3.42. The monoisotopic (exact) mass is 330 g/mol. The highest BCUT2D eigenvalue weighted by atomic mass is 127. The Hall–Kier alpha value is -0.000000000000000111. The molecule has 0 N–H and O–H groups in total. The fourth-order valence-corrected chi connectivity index (χ4v) is 2.08. The van der Waals surface area contributed by atoms with Gasteiger partial charge in [0.05, 0.1) is 17.7 Å². The fraction of sp³-hybridized carbons (Fsp3) is 0.125. The second-order valence-electron chi connectivity index (χ2n) is 2.21. The zero-order chi connectivity index (χ0) is 10.0. The first kappa shape index (κ1) is 11.1. The Balaban J connectivity index is 3.41. The van der Waals surface area contributed by atoms with Crippen LogP contribution in [0.15, 0.2) is 12.1 Å². The molecule has 0 radical (unpaired) electrons. The zero-order valence-electron chi connectivity index (χ0n) is 6.61. The summed E-state index contributed by atoms with van der Waals surface area (Å²) in [6, 6.07) is 3.27. The molecule has 0 fully saturated rings. The Labute approximate surface area is 99.3 Å². The Morgan fingerprint density at radius 1 is 1.54 bits per heavy atom. The van der Waals surface area contributed by atoms with Gasteiger partial charge in [-0.15, -0.1) is 0 Å². The minimum atomic E-state index is -0.566. The molecule has 0 amide bonds. The molecule has 13 heavy (non-hydrogen) atoms. The minimum absolute atomic E-state index is 0.317. The molecule has 0 aliphatic carbocycles. The van der Waals surface area contributed by atoms with Crippen molar-refractivity contribution in [1.29, 1.82) is 0 Å². The Morgan fingerprint density at radius 2 is 2.15 bits per heavy atom. The van der Waals surface area contributed by atoms with Crippen LogP contribution in [0.2, 0.25) is 5.02 Å². The standard InChI is InChI=1S/C8H5Cl2IO2/c1-13-5-3-2-4(9)7(11)6(5)8(10)12/h2-3H,1H3. The van der Waals surface area contributed by atoms with Crippen molar-refractivity contribution in [2.24, 2.45) is 0 Å². The molecule has 1 rings (SSSR count). The molecular weight excluding hydrogens is 326 g/mol. The van der Waals surface area contributed by atoms with Crippen molar-refractivity contribution < 1.29 is 9.53 Å². The molecule has 5 heteroatoms. The topological polar surface area (TPSA) is 26.3 Å². The lowest BCUT2D eigenvalue weighted by molar-refractivity contribution is 0.107. The fourth-order valence-electron chi connectivity index (χ4n) is 0.886. The highest BCUT2D eigenvalue weighted by molar-refractivity contribution is 14.1. The van der Waals surface area contributed by atoms with Gasteiger partial charge in [-0.2, -0.15) is 0 Å². The quantitative estimate of drug-likeness (QED) is 0.614. The van der Waals surface area contributed by atoms with Crippen LogP contribution in [0.3, 0.4) is 0 Å².